The lowest BCUT2D eigenvalue weighted by Crippen LogP contribution is -2.53. The van der Waals surface area contributed by atoms with E-state index in [9.17, 15) is 38.9 Å². The van der Waals surface area contributed by atoms with Crippen molar-refractivity contribution in [3.05, 3.63) is 142 Å². The molecule has 2 saturated heterocycles. The number of carbonyl (C=O) groups excluding carboxylic acids is 4. The normalized spacial score (nSPS) is 25.5. The largest absolute Gasteiger partial charge is 0.508 e. The number of allylic oxidation sites excluding steroid dienone is 2. The summed E-state index contributed by atoms with van der Waals surface area (Å²) in [6.07, 6.45) is 1.89. The van der Waals surface area contributed by atoms with Crippen LogP contribution in [-0.4, -0.2) is 49.9 Å². The Morgan fingerprint density at radius 1 is 0.821 bits per heavy atom. The van der Waals surface area contributed by atoms with E-state index in [2.05, 4.69) is 5.43 Å². The lowest BCUT2D eigenvalue weighted by Gasteiger charge is -2.51. The Morgan fingerprint density at radius 2 is 1.55 bits per heavy atom. The quantitative estimate of drug-likeness (QED) is 0.106. The van der Waals surface area contributed by atoms with E-state index in [1.54, 1.807) is 36.4 Å². The van der Waals surface area contributed by atoms with Gasteiger partial charge < -0.3 is 15.3 Å². The van der Waals surface area contributed by atoms with Crippen molar-refractivity contribution in [2.45, 2.75) is 24.2 Å². The van der Waals surface area contributed by atoms with E-state index in [-0.39, 0.29) is 30.0 Å². The van der Waals surface area contributed by atoms with Crippen LogP contribution < -0.4 is 10.3 Å². The number of nitrogens with zero attached hydrogens (tertiary/aromatic N) is 2. The summed E-state index contributed by atoms with van der Waals surface area (Å²) in [5, 5.41) is 34.5. The summed E-state index contributed by atoms with van der Waals surface area (Å²) in [5.41, 5.74) is 2.46. The highest BCUT2D eigenvalue weighted by atomic mass is 35.5. The van der Waals surface area contributed by atoms with Crippen LogP contribution in [0.2, 0.25) is 5.02 Å². The molecule has 6 atom stereocenters. The number of carbonyl (C=O) groups is 5. The van der Waals surface area contributed by atoms with Gasteiger partial charge in [0.05, 0.1) is 34.5 Å². The number of phenols is 2. The van der Waals surface area contributed by atoms with Crippen LogP contribution in [0.15, 0.2) is 115 Å². The van der Waals surface area contributed by atoms with E-state index in [1.165, 1.54) is 36.4 Å². The molecule has 0 spiro atoms. The molecule has 9 rings (SSSR count). The minimum atomic E-state index is -1.71. The summed E-state index contributed by atoms with van der Waals surface area (Å²) in [4.78, 5) is 71.7. The van der Waals surface area contributed by atoms with Crippen LogP contribution in [0, 0.1) is 29.5 Å². The first kappa shape index (κ1) is 35.2. The van der Waals surface area contributed by atoms with Crippen molar-refractivity contribution in [2.24, 2.45) is 23.7 Å². The first-order valence-corrected chi connectivity index (χ1v) is 18.3. The summed E-state index contributed by atoms with van der Waals surface area (Å²) in [7, 11) is 0. The fourth-order valence-electron chi connectivity index (χ4n) is 9.65. The van der Waals surface area contributed by atoms with E-state index in [0.29, 0.717) is 27.1 Å². The highest BCUT2D eigenvalue weighted by Gasteiger charge is 2.71. The molecular weight excluding hydrogens is 741 g/mol. The number of aromatic hydroxyl groups is 2. The molecule has 0 bridgehead atoms. The number of rotatable bonds is 6. The van der Waals surface area contributed by atoms with Gasteiger partial charge in [-0.05, 0) is 89.7 Å². The maximum atomic E-state index is 15.5. The number of phenolic OH excluding ortho intramolecular Hbond substituents is 1. The number of amides is 4. The average Bonchev–Trinajstić information content (AvgIpc) is 3.56. The van der Waals surface area contributed by atoms with E-state index < -0.39 is 81.7 Å². The molecule has 5 aromatic rings. The van der Waals surface area contributed by atoms with Gasteiger partial charge in [-0.3, -0.25) is 24.6 Å². The van der Waals surface area contributed by atoms with Gasteiger partial charge in [0.25, 0.3) is 11.8 Å². The second-order valence-corrected chi connectivity index (χ2v) is 15.0. The fraction of sp³-hybridized carbons (Fsp3) is 0.186. The lowest BCUT2D eigenvalue weighted by atomic mass is 9.48. The lowest BCUT2D eigenvalue weighted by molar-refractivity contribution is -0.138. The first-order chi connectivity index (χ1) is 26.9. The number of fused-ring (bicyclic) bond motifs is 5. The Kier molecular flexibility index (Phi) is 8.03. The Labute approximate surface area is 323 Å². The number of halogens is 2. The van der Waals surface area contributed by atoms with Gasteiger partial charge in [-0.25, -0.2) is 14.1 Å². The predicted molar refractivity (Wildman–Crippen MR) is 202 cm³/mol. The molecule has 280 valence electrons. The number of hydrogen-bond donors (Lipinski definition) is 4. The van der Waals surface area contributed by atoms with E-state index in [4.69, 9.17) is 11.6 Å². The van der Waals surface area contributed by atoms with Crippen molar-refractivity contribution in [2.75, 3.05) is 10.3 Å². The average molecular weight is 772 g/mol. The van der Waals surface area contributed by atoms with Crippen LogP contribution in [0.4, 0.5) is 15.8 Å². The second-order valence-electron chi connectivity index (χ2n) is 14.6. The van der Waals surface area contributed by atoms with Crippen LogP contribution in [-0.2, 0) is 24.6 Å². The number of imide groups is 2. The zero-order valence-electron chi connectivity index (χ0n) is 29.2. The molecule has 0 unspecified atom stereocenters. The Morgan fingerprint density at radius 3 is 2.27 bits per heavy atom. The molecule has 4 aliphatic rings. The van der Waals surface area contributed by atoms with Gasteiger partial charge in [-0.15, -0.1) is 0 Å². The Balaban J connectivity index is 1.26. The second kappa shape index (κ2) is 12.8. The zero-order valence-corrected chi connectivity index (χ0v) is 30.0. The third kappa shape index (κ3) is 4.98. The molecule has 2 aliphatic heterocycles. The van der Waals surface area contributed by atoms with Gasteiger partial charge in [0, 0.05) is 22.6 Å². The molecule has 1 saturated carbocycles. The topological polar surface area (TPSA) is 165 Å². The monoisotopic (exact) mass is 771 g/mol. The molecule has 4 amide bonds. The van der Waals surface area contributed by atoms with Gasteiger partial charge in [0.15, 0.2) is 0 Å². The van der Waals surface area contributed by atoms with Crippen LogP contribution in [0.3, 0.4) is 0 Å². The summed E-state index contributed by atoms with van der Waals surface area (Å²) < 4.78 is 13.9. The molecule has 56 heavy (non-hydrogen) atoms. The molecular formula is C43H31ClFN3O8. The number of carboxylic acid groups (broad SMARTS) is 1. The van der Waals surface area contributed by atoms with Crippen molar-refractivity contribution in [1.29, 1.82) is 0 Å². The number of nitrogens with one attached hydrogen (secondary N) is 1. The number of carboxylic acids is 1. The van der Waals surface area contributed by atoms with E-state index in [1.807, 2.05) is 24.3 Å². The Hall–Kier alpha value is -6.53. The zero-order chi connectivity index (χ0) is 39.2. The third-order valence-corrected chi connectivity index (χ3v) is 12.2. The molecule has 11 nitrogen and oxygen atoms in total. The van der Waals surface area contributed by atoms with Crippen molar-refractivity contribution in [3.63, 3.8) is 0 Å². The summed E-state index contributed by atoms with van der Waals surface area (Å²) in [6, 6.07) is 25.8. The number of aromatic carboxylic acids is 1. The molecule has 0 radical (unpaired) electrons. The van der Waals surface area contributed by atoms with Gasteiger partial charge >= 0.3 is 5.97 Å². The molecule has 2 heterocycles. The highest BCUT2D eigenvalue weighted by molar-refractivity contribution is 6.30. The van der Waals surface area contributed by atoms with Crippen LogP contribution in [0.1, 0.15) is 40.2 Å². The fourth-order valence-corrected chi connectivity index (χ4v) is 9.78. The number of benzene rings is 5. The first-order valence-electron chi connectivity index (χ1n) is 17.9. The third-order valence-electron chi connectivity index (χ3n) is 12.0. The minimum absolute atomic E-state index is 0.00480. The molecule has 13 heteroatoms. The number of hydrazine groups is 1. The maximum Gasteiger partial charge on any atom is 0.339 e. The van der Waals surface area contributed by atoms with Crippen LogP contribution >= 0.6 is 11.6 Å². The SMILES string of the molecule is O=C(O)c1ccc(N2C(=O)[C@H]3[C@H](CC=C4[C@H]3C[C@H]3C(=O)N(Nc5ccc(F)cc5)C(=O)[C@@]3(c3ccc(Cl)cc3)[C@H]4c3c(O)ccc4ccccc34)C2=O)cc1O. The smallest absolute Gasteiger partial charge is 0.339 e. The molecule has 3 fully saturated rings. The van der Waals surface area contributed by atoms with Crippen LogP contribution in [0.25, 0.3) is 10.8 Å². The van der Waals surface area contributed by atoms with E-state index >= 15 is 4.79 Å². The van der Waals surface area contributed by atoms with Gasteiger partial charge in [0.1, 0.15) is 22.9 Å². The number of anilines is 2. The highest BCUT2D eigenvalue weighted by Crippen LogP contribution is 2.65. The minimum Gasteiger partial charge on any atom is -0.508 e. The van der Waals surface area contributed by atoms with Gasteiger partial charge in [0.2, 0.25) is 11.8 Å². The van der Waals surface area contributed by atoms with Crippen molar-refractivity contribution in [3.8, 4) is 11.5 Å². The maximum absolute atomic E-state index is 15.5. The Bertz CT molecular complexity index is 2580. The van der Waals surface area contributed by atoms with Gasteiger partial charge in [-0.2, -0.15) is 5.01 Å². The van der Waals surface area contributed by atoms with Crippen molar-refractivity contribution in [1.82, 2.24) is 5.01 Å². The van der Waals surface area contributed by atoms with Crippen molar-refractivity contribution < 1.29 is 43.7 Å². The summed E-state index contributed by atoms with van der Waals surface area (Å²) >= 11 is 6.39. The van der Waals surface area contributed by atoms with Crippen molar-refractivity contribution >= 4 is 63.3 Å². The summed E-state index contributed by atoms with van der Waals surface area (Å²) in [6.45, 7) is 0. The van der Waals surface area contributed by atoms with Crippen LogP contribution in [0.5, 0.6) is 11.5 Å². The standard InChI is InChI=1S/C43H31ClFN3O8/c44-23-8-6-22(7-9-23)43-32(39(52)48(42(43)56)46-25-12-10-24(45)11-13-25)20-31-28(37(43)36-27-4-2-1-3-21(27)5-18-33(36)49)16-17-30-35(31)40(53)47(38(30)51)26-14-15-29(41(54)55)34(50)19-26/h1-16,18-19,30-32,35,37,46,49-50H,17,20H2,(H,54,55)/t30-,31+,32-,35-,37+,43+/m0/s1. The predicted octanol–water partition coefficient (Wildman–Crippen LogP) is 6.93. The van der Waals surface area contributed by atoms with E-state index in [0.717, 1.165) is 27.4 Å². The molecule has 2 aliphatic carbocycles. The summed E-state index contributed by atoms with van der Waals surface area (Å²) in [5.74, 6) is -9.93. The number of hydrogen-bond acceptors (Lipinski definition) is 8. The molecule has 5 aromatic carbocycles. The van der Waals surface area contributed by atoms with Gasteiger partial charge in [-0.1, -0.05) is 65.7 Å². The molecule has 4 N–H and O–H groups in total. The molecule has 0 aromatic heterocycles.